The summed E-state index contributed by atoms with van der Waals surface area (Å²) in [4.78, 5) is 28.3. The van der Waals surface area contributed by atoms with Crippen molar-refractivity contribution in [3.63, 3.8) is 0 Å². The second-order valence-corrected chi connectivity index (χ2v) is 9.36. The number of aryl methyl sites for hydroxylation is 1. The van der Waals surface area contributed by atoms with Gasteiger partial charge in [0.05, 0.1) is 11.1 Å². The fraction of sp³-hybridized carbons (Fsp3) is 0.120. The average Bonchev–Trinajstić information content (AvgIpc) is 3.49. The number of fused-ring (bicyclic) bond motifs is 1. The smallest absolute Gasteiger partial charge is 0.416 e. The van der Waals surface area contributed by atoms with E-state index in [4.69, 9.17) is 16.0 Å². The van der Waals surface area contributed by atoms with Gasteiger partial charge < -0.3 is 9.52 Å². The number of aliphatic hydroxyl groups is 1. The molecule has 3 heterocycles. The van der Waals surface area contributed by atoms with Gasteiger partial charge >= 0.3 is 6.18 Å². The molecule has 5 rings (SSSR count). The highest BCUT2D eigenvalue weighted by Crippen LogP contribution is 2.45. The van der Waals surface area contributed by atoms with Crippen molar-refractivity contribution in [1.82, 2.24) is 0 Å². The van der Waals surface area contributed by atoms with Gasteiger partial charge in [0.1, 0.15) is 11.6 Å². The van der Waals surface area contributed by atoms with Gasteiger partial charge in [-0.05, 0) is 66.4 Å². The SMILES string of the molecule is Cc1ccsc1C1C(C(=O)c2cc3cc(Cl)ccc3o2)=C(O)C(=O)N1c1cccc(C(F)(F)F)c1. The Morgan fingerprint density at radius 3 is 2.60 bits per heavy atom. The van der Waals surface area contributed by atoms with E-state index in [1.165, 1.54) is 29.5 Å². The van der Waals surface area contributed by atoms with E-state index in [-0.39, 0.29) is 17.0 Å². The minimum atomic E-state index is -4.64. The lowest BCUT2D eigenvalue weighted by Gasteiger charge is -2.27. The summed E-state index contributed by atoms with van der Waals surface area (Å²) in [6.45, 7) is 1.75. The maximum Gasteiger partial charge on any atom is 0.416 e. The Bertz CT molecular complexity index is 1530. The largest absolute Gasteiger partial charge is 0.503 e. The van der Waals surface area contributed by atoms with E-state index in [1.807, 2.05) is 0 Å². The molecule has 1 aliphatic heterocycles. The average molecular weight is 518 g/mol. The molecule has 0 spiro atoms. The highest BCUT2D eigenvalue weighted by Gasteiger charge is 2.47. The normalized spacial score (nSPS) is 16.5. The second-order valence-electron chi connectivity index (χ2n) is 7.98. The molecule has 0 saturated carbocycles. The number of nitrogens with zero attached hydrogens (tertiary/aromatic N) is 1. The summed E-state index contributed by atoms with van der Waals surface area (Å²) in [5.74, 6) is -2.72. The fourth-order valence-corrected chi connectivity index (χ4v) is 5.31. The van der Waals surface area contributed by atoms with Crippen molar-refractivity contribution < 1.29 is 32.3 Å². The number of ketones is 1. The monoisotopic (exact) mass is 517 g/mol. The van der Waals surface area contributed by atoms with Gasteiger partial charge in [-0.15, -0.1) is 11.3 Å². The van der Waals surface area contributed by atoms with Crippen LogP contribution in [-0.4, -0.2) is 16.8 Å². The number of anilines is 1. The van der Waals surface area contributed by atoms with Crippen LogP contribution >= 0.6 is 22.9 Å². The van der Waals surface area contributed by atoms with Crippen LogP contribution in [0.3, 0.4) is 0 Å². The van der Waals surface area contributed by atoms with Crippen LogP contribution in [-0.2, 0) is 11.0 Å². The van der Waals surface area contributed by atoms with Gasteiger partial charge in [0.15, 0.2) is 11.5 Å². The van der Waals surface area contributed by atoms with Gasteiger partial charge in [-0.2, -0.15) is 13.2 Å². The number of furan rings is 1. The Hall–Kier alpha value is -3.56. The minimum Gasteiger partial charge on any atom is -0.503 e. The van der Waals surface area contributed by atoms with Crippen molar-refractivity contribution >= 4 is 51.3 Å². The lowest BCUT2D eigenvalue weighted by Crippen LogP contribution is -2.31. The molecular weight excluding hydrogens is 503 g/mol. The van der Waals surface area contributed by atoms with E-state index in [1.54, 1.807) is 36.6 Å². The third kappa shape index (κ3) is 3.90. The summed E-state index contributed by atoms with van der Waals surface area (Å²) >= 11 is 7.23. The molecule has 5 nitrogen and oxygen atoms in total. The second kappa shape index (κ2) is 8.28. The summed E-state index contributed by atoms with van der Waals surface area (Å²) in [6, 6.07) is 11.0. The number of thiophene rings is 1. The zero-order chi connectivity index (χ0) is 25.1. The Balaban J connectivity index is 1.66. The van der Waals surface area contributed by atoms with Crippen LogP contribution in [0.2, 0.25) is 5.02 Å². The summed E-state index contributed by atoms with van der Waals surface area (Å²) < 4.78 is 45.8. The molecule has 2 aromatic heterocycles. The Morgan fingerprint density at radius 1 is 1.14 bits per heavy atom. The van der Waals surface area contributed by atoms with E-state index < -0.39 is 35.2 Å². The predicted molar refractivity (Wildman–Crippen MR) is 126 cm³/mol. The van der Waals surface area contributed by atoms with Gasteiger partial charge in [-0.1, -0.05) is 17.7 Å². The first kappa shape index (κ1) is 23.2. The number of hydrogen-bond acceptors (Lipinski definition) is 5. The van der Waals surface area contributed by atoms with Crippen LogP contribution in [0.15, 0.2) is 75.7 Å². The van der Waals surface area contributed by atoms with Crippen molar-refractivity contribution in [3.05, 3.63) is 98.1 Å². The van der Waals surface area contributed by atoms with Crippen molar-refractivity contribution in [1.29, 1.82) is 0 Å². The number of halogens is 4. The van der Waals surface area contributed by atoms with Crippen molar-refractivity contribution in [2.75, 3.05) is 4.90 Å². The number of hydrogen-bond donors (Lipinski definition) is 1. The van der Waals surface area contributed by atoms with Crippen molar-refractivity contribution in [2.24, 2.45) is 0 Å². The fourth-order valence-electron chi connectivity index (χ4n) is 4.11. The van der Waals surface area contributed by atoms with Crippen LogP contribution in [0, 0.1) is 6.92 Å². The van der Waals surface area contributed by atoms with E-state index in [0.717, 1.165) is 17.0 Å². The van der Waals surface area contributed by atoms with Crippen LogP contribution in [0.1, 0.15) is 32.6 Å². The zero-order valence-corrected chi connectivity index (χ0v) is 19.5. The third-order valence-corrected chi connectivity index (χ3v) is 7.06. The summed E-state index contributed by atoms with van der Waals surface area (Å²) in [5, 5.41) is 13.5. The quantitative estimate of drug-likeness (QED) is 0.289. The molecule has 1 N–H and O–H groups in total. The highest BCUT2D eigenvalue weighted by atomic mass is 35.5. The number of alkyl halides is 3. The molecule has 0 aliphatic carbocycles. The maximum atomic E-state index is 13.6. The number of rotatable bonds is 4. The molecule has 1 aliphatic rings. The van der Waals surface area contributed by atoms with Crippen molar-refractivity contribution in [2.45, 2.75) is 19.1 Å². The first-order valence-corrected chi connectivity index (χ1v) is 11.5. The van der Waals surface area contributed by atoms with Crippen LogP contribution in [0.4, 0.5) is 18.9 Å². The number of Topliss-reactive ketones (excluding diaryl/α,β-unsaturated/α-hetero) is 1. The predicted octanol–water partition coefficient (Wildman–Crippen LogP) is 7.26. The molecule has 0 saturated heterocycles. The van der Waals surface area contributed by atoms with Gasteiger partial charge in [-0.25, -0.2) is 0 Å². The van der Waals surface area contributed by atoms with Gasteiger partial charge in [0, 0.05) is 21.0 Å². The summed E-state index contributed by atoms with van der Waals surface area (Å²) in [5.41, 5.74) is -0.253. The van der Waals surface area contributed by atoms with E-state index >= 15 is 0 Å². The number of carbonyl (C=O) groups is 2. The van der Waals surface area contributed by atoms with Crippen LogP contribution < -0.4 is 4.90 Å². The molecule has 10 heteroatoms. The number of benzene rings is 2. The molecule has 1 unspecified atom stereocenters. The lowest BCUT2D eigenvalue weighted by molar-refractivity contribution is -0.137. The Morgan fingerprint density at radius 2 is 1.91 bits per heavy atom. The van der Waals surface area contributed by atoms with E-state index in [2.05, 4.69) is 0 Å². The molecule has 0 radical (unpaired) electrons. The molecule has 1 atom stereocenters. The number of amides is 1. The molecule has 0 fully saturated rings. The Labute approximate surface area is 205 Å². The van der Waals surface area contributed by atoms with Gasteiger partial charge in [-0.3, -0.25) is 14.5 Å². The standard InChI is InChI=1S/C25H15ClF3NO4S/c1-12-7-8-35-23(12)20-19(21(31)18-10-13-9-15(26)5-6-17(13)34-18)22(32)24(33)30(20)16-4-2-3-14(11-16)25(27,28)29/h2-11,20,32H,1H3. The summed E-state index contributed by atoms with van der Waals surface area (Å²) in [6.07, 6.45) is -4.64. The first-order valence-electron chi connectivity index (χ1n) is 10.3. The molecular formula is C25H15ClF3NO4S. The maximum absolute atomic E-state index is 13.6. The van der Waals surface area contributed by atoms with Crippen LogP contribution in [0.5, 0.6) is 0 Å². The lowest BCUT2D eigenvalue weighted by atomic mass is 9.98. The van der Waals surface area contributed by atoms with Gasteiger partial charge in [0.2, 0.25) is 5.78 Å². The molecule has 1 amide bonds. The molecule has 0 bridgehead atoms. The van der Waals surface area contributed by atoms with Crippen LogP contribution in [0.25, 0.3) is 11.0 Å². The highest BCUT2D eigenvalue weighted by molar-refractivity contribution is 7.10. The minimum absolute atomic E-state index is 0.103. The zero-order valence-electron chi connectivity index (χ0n) is 17.9. The van der Waals surface area contributed by atoms with Crippen molar-refractivity contribution in [3.8, 4) is 0 Å². The number of aliphatic hydroxyl groups excluding tert-OH is 1. The first-order chi connectivity index (χ1) is 16.6. The number of carbonyl (C=O) groups excluding carboxylic acids is 2. The van der Waals surface area contributed by atoms with E-state index in [0.29, 0.717) is 26.4 Å². The molecule has 2 aromatic carbocycles. The van der Waals surface area contributed by atoms with Gasteiger partial charge in [0.25, 0.3) is 5.91 Å². The third-order valence-electron chi connectivity index (χ3n) is 5.76. The Kier molecular flexibility index (Phi) is 5.49. The molecule has 4 aromatic rings. The topological polar surface area (TPSA) is 70.7 Å². The molecule has 178 valence electrons. The van der Waals surface area contributed by atoms with E-state index in [9.17, 15) is 27.9 Å². The molecule has 35 heavy (non-hydrogen) atoms. The summed E-state index contributed by atoms with van der Waals surface area (Å²) in [7, 11) is 0.